The molecule has 3 rings (SSSR count). The number of anilines is 1. The summed E-state index contributed by atoms with van der Waals surface area (Å²) in [5.41, 5.74) is 1.57. The van der Waals surface area contributed by atoms with E-state index in [9.17, 15) is 9.59 Å². The minimum Gasteiger partial charge on any atom is -0.459 e. The normalized spacial score (nSPS) is 10.3. The fourth-order valence-corrected chi connectivity index (χ4v) is 2.65. The number of amides is 2. The molecule has 0 unspecified atom stereocenters. The lowest BCUT2D eigenvalue weighted by molar-refractivity contribution is -0.120. The molecule has 0 aromatic carbocycles. The number of hydrogen-bond donors (Lipinski definition) is 2. The summed E-state index contributed by atoms with van der Waals surface area (Å²) in [5.74, 6) is -0.300. The number of rotatable bonds is 6. The first-order valence-electron chi connectivity index (χ1n) is 7.15. The van der Waals surface area contributed by atoms with E-state index in [0.29, 0.717) is 17.4 Å². The van der Waals surface area contributed by atoms with Crippen molar-refractivity contribution in [2.24, 2.45) is 0 Å². The fraction of sp³-hybridized carbons (Fsp3) is 0.125. The number of carbonyl (C=O) groups is 2. The average Bonchev–Trinajstić information content (AvgIpc) is 3.26. The minimum atomic E-state index is -0.372. The summed E-state index contributed by atoms with van der Waals surface area (Å²) in [5, 5.41) is 7.61. The van der Waals surface area contributed by atoms with Crippen LogP contribution >= 0.6 is 11.3 Å². The molecule has 0 aliphatic heterocycles. The Hall–Kier alpha value is -3.00. The zero-order chi connectivity index (χ0) is 16.8. The molecule has 122 valence electrons. The van der Waals surface area contributed by atoms with Crippen molar-refractivity contribution < 1.29 is 14.0 Å². The minimum absolute atomic E-state index is 0.138. The van der Waals surface area contributed by atoms with Crippen LogP contribution in [0, 0.1) is 0 Å². The Balaban J connectivity index is 1.50. The highest BCUT2D eigenvalue weighted by Gasteiger charge is 2.12. The molecule has 7 nitrogen and oxygen atoms in total. The van der Waals surface area contributed by atoms with Crippen LogP contribution in [0.1, 0.15) is 21.8 Å². The second-order valence-electron chi connectivity index (χ2n) is 4.88. The maximum atomic E-state index is 11.9. The van der Waals surface area contributed by atoms with Crippen LogP contribution in [-0.4, -0.2) is 21.8 Å². The summed E-state index contributed by atoms with van der Waals surface area (Å²) in [7, 11) is 0. The highest BCUT2D eigenvalue weighted by molar-refractivity contribution is 7.14. The molecule has 3 aromatic rings. The number of nitrogens with zero attached hydrogens (tertiary/aromatic N) is 2. The summed E-state index contributed by atoms with van der Waals surface area (Å²) < 4.78 is 5.01. The standard InChI is InChI=1S/C16H14N4O3S/c21-14(18-9-11-3-5-17-6-4-11)8-12-10-24-16(19-12)20-15(22)13-2-1-7-23-13/h1-7,10H,8-9H2,(H,18,21)(H,19,20,22). The van der Waals surface area contributed by atoms with Gasteiger partial charge in [0, 0.05) is 24.3 Å². The molecular formula is C16H14N4O3S. The number of carbonyl (C=O) groups excluding carboxylic acids is 2. The van der Waals surface area contributed by atoms with Crippen LogP contribution in [0.15, 0.2) is 52.7 Å². The maximum absolute atomic E-state index is 11.9. The molecule has 0 saturated carbocycles. The van der Waals surface area contributed by atoms with Crippen LogP contribution in [0.3, 0.4) is 0 Å². The molecule has 0 aliphatic rings. The average molecular weight is 342 g/mol. The molecule has 0 fully saturated rings. The van der Waals surface area contributed by atoms with Crippen molar-refractivity contribution in [2.45, 2.75) is 13.0 Å². The Bertz CT molecular complexity index is 815. The van der Waals surface area contributed by atoms with Crippen molar-refractivity contribution in [1.82, 2.24) is 15.3 Å². The smallest absolute Gasteiger partial charge is 0.293 e. The first-order valence-corrected chi connectivity index (χ1v) is 8.03. The summed E-state index contributed by atoms with van der Waals surface area (Å²) in [6, 6.07) is 6.88. The van der Waals surface area contributed by atoms with Gasteiger partial charge in [-0.25, -0.2) is 4.98 Å². The van der Waals surface area contributed by atoms with Gasteiger partial charge < -0.3 is 9.73 Å². The zero-order valence-corrected chi connectivity index (χ0v) is 13.4. The number of furan rings is 1. The van der Waals surface area contributed by atoms with E-state index in [1.807, 2.05) is 12.1 Å². The molecule has 3 heterocycles. The highest BCUT2D eigenvalue weighted by atomic mass is 32.1. The molecule has 0 aliphatic carbocycles. The number of pyridine rings is 1. The summed E-state index contributed by atoms with van der Waals surface area (Å²) in [4.78, 5) is 31.9. The van der Waals surface area contributed by atoms with Gasteiger partial charge in [-0.1, -0.05) is 0 Å². The highest BCUT2D eigenvalue weighted by Crippen LogP contribution is 2.17. The second kappa shape index (κ2) is 7.51. The Morgan fingerprint density at radius 3 is 2.79 bits per heavy atom. The third kappa shape index (κ3) is 4.26. The number of thiazole rings is 1. The third-order valence-electron chi connectivity index (χ3n) is 3.10. The van der Waals surface area contributed by atoms with E-state index < -0.39 is 0 Å². The lowest BCUT2D eigenvalue weighted by Crippen LogP contribution is -2.24. The quantitative estimate of drug-likeness (QED) is 0.716. The van der Waals surface area contributed by atoms with Crippen molar-refractivity contribution in [3.8, 4) is 0 Å². The van der Waals surface area contributed by atoms with Crippen molar-refractivity contribution in [3.63, 3.8) is 0 Å². The predicted octanol–water partition coefficient (Wildman–Crippen LogP) is 2.24. The Morgan fingerprint density at radius 2 is 2.04 bits per heavy atom. The summed E-state index contributed by atoms with van der Waals surface area (Å²) >= 11 is 1.26. The molecule has 8 heteroatoms. The van der Waals surface area contributed by atoms with Crippen molar-refractivity contribution in [2.75, 3.05) is 5.32 Å². The topological polar surface area (TPSA) is 97.1 Å². The second-order valence-corrected chi connectivity index (χ2v) is 5.74. The molecule has 3 aromatic heterocycles. The zero-order valence-electron chi connectivity index (χ0n) is 12.6. The molecular weight excluding hydrogens is 328 g/mol. The van der Waals surface area contributed by atoms with Crippen LogP contribution in [0.25, 0.3) is 0 Å². The molecule has 24 heavy (non-hydrogen) atoms. The number of nitrogens with one attached hydrogen (secondary N) is 2. The van der Waals surface area contributed by atoms with Gasteiger partial charge in [0.05, 0.1) is 18.4 Å². The molecule has 0 saturated heterocycles. The first-order chi connectivity index (χ1) is 11.7. The van der Waals surface area contributed by atoms with Crippen LogP contribution in [0.4, 0.5) is 5.13 Å². The Morgan fingerprint density at radius 1 is 1.21 bits per heavy atom. The van der Waals surface area contributed by atoms with E-state index in [-0.39, 0.29) is 24.0 Å². The van der Waals surface area contributed by atoms with Gasteiger partial charge in [0.15, 0.2) is 10.9 Å². The van der Waals surface area contributed by atoms with Gasteiger partial charge in [-0.05, 0) is 29.8 Å². The van der Waals surface area contributed by atoms with Gasteiger partial charge in [0.1, 0.15) is 0 Å². The molecule has 2 amide bonds. The predicted molar refractivity (Wildman–Crippen MR) is 88.6 cm³/mol. The van der Waals surface area contributed by atoms with Crippen LogP contribution < -0.4 is 10.6 Å². The molecule has 0 radical (unpaired) electrons. The largest absolute Gasteiger partial charge is 0.459 e. The van der Waals surface area contributed by atoms with Gasteiger partial charge in [0.2, 0.25) is 5.91 Å². The van der Waals surface area contributed by atoms with Gasteiger partial charge in [0.25, 0.3) is 5.91 Å². The van der Waals surface area contributed by atoms with Gasteiger partial charge >= 0.3 is 0 Å². The molecule has 0 bridgehead atoms. The lowest BCUT2D eigenvalue weighted by Gasteiger charge is -2.03. The van der Waals surface area contributed by atoms with Crippen LogP contribution in [-0.2, 0) is 17.8 Å². The van der Waals surface area contributed by atoms with Gasteiger partial charge in [-0.2, -0.15) is 0 Å². The third-order valence-corrected chi connectivity index (χ3v) is 3.90. The summed E-state index contributed by atoms with van der Waals surface area (Å²) in [6.07, 6.45) is 4.93. The summed E-state index contributed by atoms with van der Waals surface area (Å²) in [6.45, 7) is 0.438. The first kappa shape index (κ1) is 15.9. The lowest BCUT2D eigenvalue weighted by atomic mass is 10.2. The van der Waals surface area contributed by atoms with E-state index in [1.165, 1.54) is 17.6 Å². The van der Waals surface area contributed by atoms with E-state index in [1.54, 1.807) is 29.9 Å². The van der Waals surface area contributed by atoms with E-state index in [4.69, 9.17) is 4.42 Å². The van der Waals surface area contributed by atoms with E-state index in [0.717, 1.165) is 5.56 Å². The monoisotopic (exact) mass is 342 g/mol. The molecule has 0 spiro atoms. The Labute approximate surface area is 141 Å². The van der Waals surface area contributed by atoms with Crippen LogP contribution in [0.5, 0.6) is 0 Å². The van der Waals surface area contributed by atoms with Crippen molar-refractivity contribution >= 4 is 28.3 Å². The van der Waals surface area contributed by atoms with E-state index >= 15 is 0 Å². The van der Waals surface area contributed by atoms with Gasteiger partial charge in [-0.15, -0.1) is 11.3 Å². The number of aromatic nitrogens is 2. The van der Waals surface area contributed by atoms with Crippen LogP contribution in [0.2, 0.25) is 0 Å². The maximum Gasteiger partial charge on any atom is 0.293 e. The van der Waals surface area contributed by atoms with E-state index in [2.05, 4.69) is 20.6 Å². The van der Waals surface area contributed by atoms with Gasteiger partial charge in [-0.3, -0.25) is 19.9 Å². The molecule has 2 N–H and O–H groups in total. The van der Waals surface area contributed by atoms with Crippen molar-refractivity contribution in [1.29, 1.82) is 0 Å². The molecule has 0 atom stereocenters. The van der Waals surface area contributed by atoms with Crippen molar-refractivity contribution in [3.05, 3.63) is 65.3 Å². The fourth-order valence-electron chi connectivity index (χ4n) is 1.94. The Kier molecular flexibility index (Phi) is 4.97. The number of hydrogen-bond acceptors (Lipinski definition) is 6. The SMILES string of the molecule is O=C(Cc1csc(NC(=O)c2ccco2)n1)NCc1ccncc1.